The van der Waals surface area contributed by atoms with E-state index in [0.717, 1.165) is 12.1 Å². The molecule has 0 amide bonds. The molecule has 214 valence electrons. The third-order valence-electron chi connectivity index (χ3n) is 7.12. The second-order valence-corrected chi connectivity index (χ2v) is 13.4. The van der Waals surface area contributed by atoms with Gasteiger partial charge in [-0.3, -0.25) is 4.79 Å². The van der Waals surface area contributed by atoms with Crippen LogP contribution < -0.4 is 15.2 Å². The van der Waals surface area contributed by atoms with Gasteiger partial charge in [0.2, 0.25) is 15.8 Å². The van der Waals surface area contributed by atoms with Gasteiger partial charge in [0.25, 0.3) is 0 Å². The van der Waals surface area contributed by atoms with Crippen LogP contribution in [0.15, 0.2) is 53.5 Å². The minimum Gasteiger partial charge on any atom is -0.476 e. The van der Waals surface area contributed by atoms with Crippen molar-refractivity contribution in [2.75, 3.05) is 31.1 Å². The van der Waals surface area contributed by atoms with Gasteiger partial charge in [-0.05, 0) is 44.0 Å². The van der Waals surface area contributed by atoms with Crippen molar-refractivity contribution in [3.05, 3.63) is 81.8 Å². The molecule has 0 saturated carbocycles. The summed E-state index contributed by atoms with van der Waals surface area (Å²) < 4.78 is 91.2. The molecule has 2 aromatic carbocycles. The van der Waals surface area contributed by atoms with Crippen molar-refractivity contribution in [2.24, 2.45) is 0 Å². The van der Waals surface area contributed by atoms with Gasteiger partial charge in [0.1, 0.15) is 17.3 Å². The summed E-state index contributed by atoms with van der Waals surface area (Å²) in [5.74, 6) is -2.37. The van der Waals surface area contributed by atoms with Gasteiger partial charge in [-0.2, -0.15) is 14.1 Å². The molecule has 3 aromatic rings. The Labute approximate surface area is 228 Å². The summed E-state index contributed by atoms with van der Waals surface area (Å²) in [6.45, 7) is 5.23. The van der Waals surface area contributed by atoms with Gasteiger partial charge in [-0.25, -0.2) is 26.0 Å². The molecule has 1 aliphatic heterocycles. The van der Waals surface area contributed by atoms with E-state index in [1.807, 2.05) is 0 Å². The first-order chi connectivity index (χ1) is 18.8. The molecular formula is C27H28F4N4O4S. The minimum absolute atomic E-state index is 0.0845. The fourth-order valence-electron chi connectivity index (χ4n) is 4.94. The van der Waals surface area contributed by atoms with Gasteiger partial charge in [0.15, 0.2) is 18.4 Å². The number of ether oxygens (including phenoxy) is 1. The fourth-order valence-corrected chi connectivity index (χ4v) is 6.36. The number of aromatic nitrogens is 2. The Morgan fingerprint density at radius 2 is 1.48 bits per heavy atom. The van der Waals surface area contributed by atoms with Crippen LogP contribution in [0.4, 0.5) is 23.2 Å². The number of sulfonamides is 1. The molecule has 8 nitrogen and oxygen atoms in total. The lowest BCUT2D eigenvalue weighted by Crippen LogP contribution is -2.53. The highest BCUT2D eigenvalue weighted by molar-refractivity contribution is 7.90. The Morgan fingerprint density at radius 1 is 0.925 bits per heavy atom. The monoisotopic (exact) mass is 580 g/mol. The van der Waals surface area contributed by atoms with E-state index in [0.29, 0.717) is 10.7 Å². The second-order valence-electron chi connectivity index (χ2n) is 10.7. The molecule has 5 rings (SSSR count). The van der Waals surface area contributed by atoms with E-state index in [4.69, 9.17) is 4.74 Å². The number of piperazine rings is 1. The molecule has 1 aromatic heterocycles. The van der Waals surface area contributed by atoms with Crippen molar-refractivity contribution in [1.29, 1.82) is 0 Å². The molecule has 0 N–H and O–H groups in total. The number of hydrogen-bond acceptors (Lipinski definition) is 6. The zero-order chi connectivity index (χ0) is 29.0. The van der Waals surface area contributed by atoms with E-state index in [1.54, 1.807) is 37.8 Å². The largest absolute Gasteiger partial charge is 0.476 e. The number of anilines is 1. The maximum atomic E-state index is 15.4. The van der Waals surface area contributed by atoms with Crippen LogP contribution in [0, 0.1) is 11.6 Å². The number of fused-ring (bicyclic) bond motifs is 1. The summed E-state index contributed by atoms with van der Waals surface area (Å²) in [6.07, 6.45) is -4.27. The average Bonchev–Trinajstić information content (AvgIpc) is 3.13. The minimum atomic E-state index is -3.61. The highest BCUT2D eigenvalue weighted by Crippen LogP contribution is 2.46. The van der Waals surface area contributed by atoms with Gasteiger partial charge < -0.3 is 9.64 Å². The summed E-state index contributed by atoms with van der Waals surface area (Å²) in [6, 6.07) is 8.40. The molecule has 0 bridgehead atoms. The second kappa shape index (κ2) is 10.2. The van der Waals surface area contributed by atoms with Crippen molar-refractivity contribution < 1.29 is 30.7 Å². The quantitative estimate of drug-likeness (QED) is 0.420. The van der Waals surface area contributed by atoms with Crippen molar-refractivity contribution in [3.63, 3.8) is 0 Å². The lowest BCUT2D eigenvalue weighted by Gasteiger charge is -2.38. The molecule has 0 spiro atoms. The van der Waals surface area contributed by atoms with Gasteiger partial charge in [0.05, 0.1) is 16.6 Å². The van der Waals surface area contributed by atoms with Crippen LogP contribution >= 0.6 is 0 Å². The molecule has 2 unspecified atom stereocenters. The molecule has 13 heteroatoms. The Bertz CT molecular complexity index is 1550. The van der Waals surface area contributed by atoms with Gasteiger partial charge in [-0.15, -0.1) is 0 Å². The number of rotatable bonds is 5. The van der Waals surface area contributed by atoms with Crippen LogP contribution in [-0.4, -0.2) is 59.5 Å². The molecular weight excluding hydrogens is 552 g/mol. The molecule has 2 atom stereocenters. The van der Waals surface area contributed by atoms with Gasteiger partial charge in [-0.1, -0.05) is 24.3 Å². The molecule has 2 aliphatic rings. The highest BCUT2D eigenvalue weighted by atomic mass is 32.2. The number of hydrogen-bond donors (Lipinski definition) is 0. The molecule has 40 heavy (non-hydrogen) atoms. The standard InChI is InChI=1S/C27H28F4N4O4S/c1-27(2,3)40(37,38)34-10-8-33(9-11-34)21-15-32-35(18-13-16(28)12-17(29)14-18)26(36)24(21)39-25-22(30)19-6-4-5-7-20(19)23(25)31/h4-7,12-15,22-23,25H,8-11H2,1-3H3. The summed E-state index contributed by atoms with van der Waals surface area (Å²) >= 11 is 0. The van der Waals surface area contributed by atoms with Crippen LogP contribution in [0.25, 0.3) is 5.69 Å². The Kier molecular flexibility index (Phi) is 7.15. The summed E-state index contributed by atoms with van der Waals surface area (Å²) in [7, 11) is -3.61. The number of benzene rings is 2. The third kappa shape index (κ3) is 4.85. The first-order valence-electron chi connectivity index (χ1n) is 12.7. The number of nitrogens with zero attached hydrogens (tertiary/aromatic N) is 4. The van der Waals surface area contributed by atoms with E-state index in [-0.39, 0.29) is 48.7 Å². The van der Waals surface area contributed by atoms with Crippen LogP contribution in [-0.2, 0) is 10.0 Å². The van der Waals surface area contributed by atoms with E-state index < -0.39 is 56.2 Å². The normalized spacial score (nSPS) is 21.9. The van der Waals surface area contributed by atoms with Crippen LogP contribution in [0.1, 0.15) is 44.2 Å². The van der Waals surface area contributed by atoms with E-state index in [2.05, 4.69) is 5.10 Å². The highest BCUT2D eigenvalue weighted by Gasteiger charge is 2.45. The third-order valence-corrected chi connectivity index (χ3v) is 9.71. The van der Waals surface area contributed by atoms with Gasteiger partial charge in [0, 0.05) is 32.2 Å². The topological polar surface area (TPSA) is 84.7 Å². The molecule has 1 aliphatic carbocycles. The first-order valence-corrected chi connectivity index (χ1v) is 14.1. The van der Waals surface area contributed by atoms with Crippen molar-refractivity contribution in [3.8, 4) is 11.4 Å². The fraction of sp³-hybridized carbons (Fsp3) is 0.407. The average molecular weight is 581 g/mol. The molecule has 1 fully saturated rings. The Morgan fingerprint density at radius 3 is 2.00 bits per heavy atom. The predicted molar refractivity (Wildman–Crippen MR) is 141 cm³/mol. The predicted octanol–water partition coefficient (Wildman–Crippen LogP) is 4.24. The lowest BCUT2D eigenvalue weighted by molar-refractivity contribution is 0.0479. The zero-order valence-corrected chi connectivity index (χ0v) is 22.8. The van der Waals surface area contributed by atoms with E-state index >= 15 is 8.78 Å². The number of alkyl halides is 2. The first kappa shape index (κ1) is 28.1. The molecule has 2 heterocycles. The van der Waals surface area contributed by atoms with Crippen LogP contribution in [0.5, 0.6) is 5.75 Å². The summed E-state index contributed by atoms with van der Waals surface area (Å²) in [5, 5.41) is 4.06. The van der Waals surface area contributed by atoms with Gasteiger partial charge >= 0.3 is 5.56 Å². The Hall–Kier alpha value is -3.45. The van der Waals surface area contributed by atoms with E-state index in [9.17, 15) is 22.0 Å². The summed E-state index contributed by atoms with van der Waals surface area (Å²) in [4.78, 5) is 15.3. The van der Waals surface area contributed by atoms with Crippen LogP contribution in [0.3, 0.4) is 0 Å². The number of halogens is 4. The SMILES string of the molecule is CC(C)(C)S(=O)(=O)N1CCN(c2cnn(-c3cc(F)cc(F)c3)c(=O)c2OC2C(F)c3ccccc3C2F)CC1. The van der Waals surface area contributed by atoms with E-state index in [1.165, 1.54) is 22.6 Å². The maximum Gasteiger partial charge on any atom is 0.316 e. The molecule has 1 saturated heterocycles. The summed E-state index contributed by atoms with van der Waals surface area (Å²) in [5.41, 5.74) is -0.944. The Balaban J connectivity index is 1.53. The lowest BCUT2D eigenvalue weighted by atomic mass is 10.1. The maximum absolute atomic E-state index is 15.4. The smallest absolute Gasteiger partial charge is 0.316 e. The van der Waals surface area contributed by atoms with Crippen molar-refractivity contribution in [2.45, 2.75) is 44.0 Å². The van der Waals surface area contributed by atoms with Crippen molar-refractivity contribution >= 4 is 15.7 Å². The molecule has 0 radical (unpaired) electrons. The van der Waals surface area contributed by atoms with Crippen molar-refractivity contribution in [1.82, 2.24) is 14.1 Å². The zero-order valence-electron chi connectivity index (χ0n) is 22.0. The van der Waals surface area contributed by atoms with Crippen LogP contribution in [0.2, 0.25) is 0 Å².